The zero-order chi connectivity index (χ0) is 20.2. The van der Waals surface area contributed by atoms with Crippen molar-refractivity contribution in [3.63, 3.8) is 0 Å². The molecule has 1 atom stereocenters. The summed E-state index contributed by atoms with van der Waals surface area (Å²) >= 11 is 0. The second-order valence-electron chi connectivity index (χ2n) is 7.64. The van der Waals surface area contributed by atoms with Crippen LogP contribution >= 0.6 is 0 Å². The van der Waals surface area contributed by atoms with E-state index in [1.807, 2.05) is 23.1 Å². The number of carbonyl (C=O) groups is 2. The molecule has 2 aliphatic heterocycles. The predicted octanol–water partition coefficient (Wildman–Crippen LogP) is 2.19. The van der Waals surface area contributed by atoms with Crippen molar-refractivity contribution in [1.29, 1.82) is 0 Å². The average molecular weight is 394 g/mol. The van der Waals surface area contributed by atoms with Crippen LogP contribution in [0.4, 0.5) is 5.82 Å². The molecule has 7 nitrogen and oxygen atoms in total. The third kappa shape index (κ3) is 4.56. The molecule has 1 unspecified atom stereocenters. The largest absolute Gasteiger partial charge is 0.360 e. The molecular weight excluding hydrogens is 368 g/mol. The van der Waals surface area contributed by atoms with Gasteiger partial charge in [-0.15, -0.1) is 0 Å². The Morgan fingerprint density at radius 3 is 2.66 bits per heavy atom. The lowest BCUT2D eigenvalue weighted by Gasteiger charge is -2.35. The molecule has 152 valence electrons. The Labute approximate surface area is 170 Å². The number of piperazine rings is 1. The molecule has 1 aromatic heterocycles. The Morgan fingerprint density at radius 1 is 1.21 bits per heavy atom. The van der Waals surface area contributed by atoms with Crippen molar-refractivity contribution in [2.45, 2.75) is 13.3 Å². The number of rotatable bonds is 5. The quantitative estimate of drug-likeness (QED) is 0.778. The summed E-state index contributed by atoms with van der Waals surface area (Å²) in [5, 5.41) is 3.91. The number of hydrogen-bond acceptors (Lipinski definition) is 5. The minimum atomic E-state index is -0.302. The summed E-state index contributed by atoms with van der Waals surface area (Å²) in [7, 11) is 0. The lowest BCUT2D eigenvalue weighted by Crippen LogP contribution is -2.50. The van der Waals surface area contributed by atoms with E-state index in [1.165, 1.54) is 5.56 Å². The molecule has 2 aromatic rings. The Bertz CT molecular complexity index is 884. The van der Waals surface area contributed by atoms with Gasteiger partial charge in [-0.1, -0.05) is 47.6 Å². The summed E-state index contributed by atoms with van der Waals surface area (Å²) in [6.07, 6.45) is 4.53. The number of nitrogens with zero attached hydrogens (tertiary/aromatic N) is 4. The van der Waals surface area contributed by atoms with Crippen LogP contribution in [0, 0.1) is 12.8 Å². The first kappa shape index (κ1) is 19.4. The molecule has 0 saturated carbocycles. The Kier molecular flexibility index (Phi) is 5.76. The van der Waals surface area contributed by atoms with Gasteiger partial charge in [0.15, 0.2) is 5.82 Å². The van der Waals surface area contributed by atoms with Gasteiger partial charge < -0.3 is 9.42 Å². The van der Waals surface area contributed by atoms with Gasteiger partial charge in [-0.2, -0.15) is 0 Å². The van der Waals surface area contributed by atoms with Crippen molar-refractivity contribution in [3.05, 3.63) is 53.8 Å². The molecule has 29 heavy (non-hydrogen) atoms. The van der Waals surface area contributed by atoms with Crippen molar-refractivity contribution < 1.29 is 14.1 Å². The highest BCUT2D eigenvalue weighted by Crippen LogP contribution is 2.26. The summed E-state index contributed by atoms with van der Waals surface area (Å²) in [6, 6.07) is 12.0. The van der Waals surface area contributed by atoms with Gasteiger partial charge in [0.2, 0.25) is 11.8 Å². The van der Waals surface area contributed by atoms with Crippen LogP contribution < -0.4 is 4.90 Å². The van der Waals surface area contributed by atoms with E-state index < -0.39 is 0 Å². The van der Waals surface area contributed by atoms with Gasteiger partial charge >= 0.3 is 0 Å². The van der Waals surface area contributed by atoms with Crippen LogP contribution in [0.1, 0.15) is 17.7 Å². The lowest BCUT2D eigenvalue weighted by atomic mass is 10.1. The van der Waals surface area contributed by atoms with Gasteiger partial charge in [0.05, 0.1) is 5.92 Å². The zero-order valence-electron chi connectivity index (χ0n) is 16.7. The SMILES string of the molecule is Cc1cc(N2CC(C(=O)N3CCN(C/C=C/c4ccccc4)CC3)CC2=O)no1. The van der Waals surface area contributed by atoms with E-state index in [-0.39, 0.29) is 24.2 Å². The van der Waals surface area contributed by atoms with Crippen LogP contribution in [0.15, 0.2) is 47.0 Å². The van der Waals surface area contributed by atoms with Crippen molar-refractivity contribution in [2.75, 3.05) is 44.2 Å². The molecule has 1 aromatic carbocycles. The van der Waals surface area contributed by atoms with Crippen LogP contribution in [0.5, 0.6) is 0 Å². The van der Waals surface area contributed by atoms with Gasteiger partial charge in [0.25, 0.3) is 0 Å². The third-order valence-electron chi connectivity index (χ3n) is 5.52. The number of carbonyl (C=O) groups excluding carboxylic acids is 2. The van der Waals surface area contributed by atoms with Crippen molar-refractivity contribution in [2.24, 2.45) is 5.92 Å². The van der Waals surface area contributed by atoms with E-state index >= 15 is 0 Å². The molecule has 0 N–H and O–H groups in total. The Hall–Kier alpha value is -2.93. The number of aromatic nitrogens is 1. The lowest BCUT2D eigenvalue weighted by molar-refractivity contribution is -0.137. The van der Waals surface area contributed by atoms with Crippen molar-refractivity contribution in [3.8, 4) is 0 Å². The minimum Gasteiger partial charge on any atom is -0.360 e. The molecule has 0 radical (unpaired) electrons. The zero-order valence-corrected chi connectivity index (χ0v) is 16.7. The van der Waals surface area contributed by atoms with Crippen molar-refractivity contribution in [1.82, 2.24) is 15.0 Å². The summed E-state index contributed by atoms with van der Waals surface area (Å²) in [6.45, 7) is 6.13. The maximum Gasteiger partial charge on any atom is 0.229 e. The van der Waals surface area contributed by atoms with Crippen LogP contribution in [0.3, 0.4) is 0 Å². The topological polar surface area (TPSA) is 69.9 Å². The minimum absolute atomic E-state index is 0.0682. The molecule has 0 spiro atoms. The van der Waals surface area contributed by atoms with Gasteiger partial charge in [0, 0.05) is 51.8 Å². The van der Waals surface area contributed by atoms with Crippen molar-refractivity contribution >= 4 is 23.7 Å². The highest BCUT2D eigenvalue weighted by molar-refractivity contribution is 5.99. The summed E-state index contributed by atoms with van der Waals surface area (Å²) in [5.41, 5.74) is 1.19. The molecule has 2 saturated heterocycles. The summed E-state index contributed by atoms with van der Waals surface area (Å²) < 4.78 is 5.06. The Morgan fingerprint density at radius 2 is 1.97 bits per heavy atom. The number of amides is 2. The fourth-order valence-corrected chi connectivity index (χ4v) is 3.89. The molecule has 2 fully saturated rings. The number of anilines is 1. The number of aryl methyl sites for hydroxylation is 1. The molecule has 0 aliphatic carbocycles. The fourth-order valence-electron chi connectivity index (χ4n) is 3.89. The first-order valence-electron chi connectivity index (χ1n) is 10.1. The normalized spacial score (nSPS) is 20.7. The average Bonchev–Trinajstić information content (AvgIpc) is 3.34. The Balaban J connectivity index is 1.26. The van der Waals surface area contributed by atoms with E-state index in [1.54, 1.807) is 17.9 Å². The predicted molar refractivity (Wildman–Crippen MR) is 110 cm³/mol. The maximum absolute atomic E-state index is 12.9. The van der Waals surface area contributed by atoms with Crippen LogP contribution in [0.25, 0.3) is 6.08 Å². The molecular formula is C22H26N4O3. The van der Waals surface area contributed by atoms with E-state index in [2.05, 4.69) is 34.3 Å². The fraction of sp³-hybridized carbons (Fsp3) is 0.409. The number of benzene rings is 1. The first-order chi connectivity index (χ1) is 14.1. The van der Waals surface area contributed by atoms with Gasteiger partial charge in [0.1, 0.15) is 5.76 Å². The second kappa shape index (κ2) is 8.61. The van der Waals surface area contributed by atoms with E-state index in [4.69, 9.17) is 4.52 Å². The van der Waals surface area contributed by atoms with Gasteiger partial charge in [-0.3, -0.25) is 19.4 Å². The molecule has 0 bridgehead atoms. The monoisotopic (exact) mass is 394 g/mol. The van der Waals surface area contributed by atoms with E-state index in [9.17, 15) is 9.59 Å². The second-order valence-corrected chi connectivity index (χ2v) is 7.64. The molecule has 2 amide bonds. The summed E-state index contributed by atoms with van der Waals surface area (Å²) in [4.78, 5) is 31.0. The highest BCUT2D eigenvalue weighted by atomic mass is 16.5. The smallest absolute Gasteiger partial charge is 0.229 e. The molecule has 7 heteroatoms. The molecule has 3 heterocycles. The van der Waals surface area contributed by atoms with Gasteiger partial charge in [-0.05, 0) is 12.5 Å². The van der Waals surface area contributed by atoms with E-state index in [0.717, 1.165) is 19.6 Å². The summed E-state index contributed by atoms with van der Waals surface area (Å²) in [5.74, 6) is 0.851. The van der Waals surface area contributed by atoms with Crippen LogP contribution in [-0.2, 0) is 9.59 Å². The standard InChI is InChI=1S/C22H26N4O3/c1-17-14-20(23-29-17)26-16-19(15-21(26)27)22(28)25-12-10-24(11-13-25)9-5-8-18-6-3-2-4-7-18/h2-8,14,19H,9-13,15-16H2,1H3/b8-5+. The molecule has 4 rings (SSSR count). The third-order valence-corrected chi connectivity index (χ3v) is 5.52. The first-order valence-corrected chi connectivity index (χ1v) is 10.1. The molecule has 2 aliphatic rings. The maximum atomic E-state index is 12.9. The van der Waals surface area contributed by atoms with Crippen LogP contribution in [0.2, 0.25) is 0 Å². The van der Waals surface area contributed by atoms with Gasteiger partial charge in [-0.25, -0.2) is 0 Å². The van der Waals surface area contributed by atoms with Crippen LogP contribution in [-0.4, -0.2) is 66.0 Å². The van der Waals surface area contributed by atoms with E-state index in [0.29, 0.717) is 31.2 Å². The highest BCUT2D eigenvalue weighted by Gasteiger charge is 2.38. The number of hydrogen-bond donors (Lipinski definition) is 0.